The van der Waals surface area contributed by atoms with Crippen molar-refractivity contribution in [2.75, 3.05) is 31.4 Å². The van der Waals surface area contributed by atoms with Gasteiger partial charge in [0.2, 0.25) is 11.3 Å². The van der Waals surface area contributed by atoms with E-state index in [1.165, 1.54) is 28.1 Å². The summed E-state index contributed by atoms with van der Waals surface area (Å²) in [7, 11) is 0. The molecule has 0 unspecified atom stereocenters. The topological polar surface area (TPSA) is 130 Å². The van der Waals surface area contributed by atoms with E-state index < -0.39 is 40.5 Å². The summed E-state index contributed by atoms with van der Waals surface area (Å²) in [4.78, 5) is 54.5. The third-order valence-electron chi connectivity index (χ3n) is 7.18. The minimum atomic E-state index is -1.04. The van der Waals surface area contributed by atoms with Gasteiger partial charge in [-0.3, -0.25) is 19.2 Å². The normalized spacial score (nSPS) is 21.5. The van der Waals surface area contributed by atoms with Crippen LogP contribution in [0.2, 0.25) is 0 Å². The Balaban J connectivity index is 1.54. The van der Waals surface area contributed by atoms with Gasteiger partial charge in [-0.05, 0) is 31.7 Å². The SMILES string of the molecule is O=C1NCc2ccc(F)cc2OCC/C=C/CCCCCC(=O)N2[C@@H]3COCCN3C(=O)c3c(O)c(=O)c1cn32. The molecule has 0 spiro atoms. The van der Waals surface area contributed by atoms with Crippen LogP contribution in [0.15, 0.2) is 41.3 Å². The highest BCUT2D eigenvalue weighted by Crippen LogP contribution is 2.28. The molecule has 4 heterocycles. The Hall–Kier alpha value is -4.19. The zero-order chi connectivity index (χ0) is 28.2. The molecule has 1 fully saturated rings. The van der Waals surface area contributed by atoms with Crippen molar-refractivity contribution in [3.8, 4) is 11.5 Å². The molecule has 12 heteroatoms. The average molecular weight is 555 g/mol. The van der Waals surface area contributed by atoms with Gasteiger partial charge in [0.05, 0.1) is 19.8 Å². The van der Waals surface area contributed by atoms with Gasteiger partial charge in [-0.25, -0.2) is 14.1 Å². The summed E-state index contributed by atoms with van der Waals surface area (Å²) < 4.78 is 26.3. The van der Waals surface area contributed by atoms with E-state index in [1.807, 2.05) is 12.2 Å². The van der Waals surface area contributed by atoms with Crippen LogP contribution < -0.4 is 20.5 Å². The number of amides is 3. The van der Waals surface area contributed by atoms with Crippen LogP contribution in [0.4, 0.5) is 4.39 Å². The first-order valence-corrected chi connectivity index (χ1v) is 13.4. The fraction of sp³-hybridized carbons (Fsp3) is 0.429. The number of rotatable bonds is 0. The maximum Gasteiger partial charge on any atom is 0.278 e. The molecule has 3 aliphatic heterocycles. The number of halogens is 1. The number of hydrogen-bond donors (Lipinski definition) is 2. The Morgan fingerprint density at radius 3 is 2.70 bits per heavy atom. The molecule has 3 aliphatic rings. The summed E-state index contributed by atoms with van der Waals surface area (Å²) in [6.45, 7) is 0.679. The van der Waals surface area contributed by atoms with E-state index in [2.05, 4.69) is 5.32 Å². The maximum atomic E-state index is 13.9. The number of carbonyl (C=O) groups is 3. The lowest BCUT2D eigenvalue weighted by Gasteiger charge is -2.47. The quantitative estimate of drug-likeness (QED) is 0.478. The van der Waals surface area contributed by atoms with Crippen LogP contribution in [0.5, 0.6) is 11.5 Å². The molecular weight excluding hydrogens is 523 g/mol. The predicted octanol–water partition coefficient (Wildman–Crippen LogP) is 2.19. The van der Waals surface area contributed by atoms with Crippen molar-refractivity contribution >= 4 is 17.7 Å². The lowest BCUT2D eigenvalue weighted by molar-refractivity contribution is -0.124. The molecule has 212 valence electrons. The number of morpholine rings is 1. The van der Waals surface area contributed by atoms with Crippen molar-refractivity contribution in [3.05, 3.63) is 69.4 Å². The lowest BCUT2D eigenvalue weighted by atomic mass is 10.1. The number of benzene rings is 1. The molecule has 1 atom stereocenters. The molecule has 1 aromatic heterocycles. The second-order valence-corrected chi connectivity index (χ2v) is 9.85. The first-order valence-electron chi connectivity index (χ1n) is 13.4. The summed E-state index contributed by atoms with van der Waals surface area (Å²) in [5.74, 6) is -2.96. The Morgan fingerprint density at radius 2 is 1.85 bits per heavy atom. The molecule has 1 aromatic carbocycles. The number of pyridine rings is 1. The van der Waals surface area contributed by atoms with Crippen molar-refractivity contribution in [3.63, 3.8) is 0 Å². The fourth-order valence-corrected chi connectivity index (χ4v) is 5.10. The van der Waals surface area contributed by atoms with E-state index >= 15 is 0 Å². The highest BCUT2D eigenvalue weighted by Gasteiger charge is 2.44. The summed E-state index contributed by atoms with van der Waals surface area (Å²) in [6.07, 6.45) is 8.19. The lowest BCUT2D eigenvalue weighted by Crippen LogP contribution is -2.67. The van der Waals surface area contributed by atoms with Crippen LogP contribution in [0, 0.1) is 5.82 Å². The van der Waals surface area contributed by atoms with Crippen LogP contribution in [0.1, 0.15) is 64.9 Å². The smallest absolute Gasteiger partial charge is 0.278 e. The fourth-order valence-electron chi connectivity index (χ4n) is 5.10. The van der Waals surface area contributed by atoms with E-state index in [0.717, 1.165) is 30.1 Å². The summed E-state index contributed by atoms with van der Waals surface area (Å²) >= 11 is 0. The Morgan fingerprint density at radius 1 is 1.02 bits per heavy atom. The van der Waals surface area contributed by atoms with Crippen LogP contribution in [-0.2, 0) is 16.1 Å². The maximum absolute atomic E-state index is 13.9. The highest BCUT2D eigenvalue weighted by atomic mass is 19.1. The Kier molecular flexibility index (Phi) is 8.15. The molecule has 5 rings (SSSR count). The van der Waals surface area contributed by atoms with E-state index in [4.69, 9.17) is 9.47 Å². The van der Waals surface area contributed by atoms with Crippen LogP contribution in [-0.4, -0.2) is 64.9 Å². The molecule has 2 aromatic rings. The zero-order valence-electron chi connectivity index (χ0n) is 21.9. The second kappa shape index (κ2) is 11.9. The number of allylic oxidation sites excluding steroid dienone is 1. The highest BCUT2D eigenvalue weighted by molar-refractivity contribution is 6.01. The number of hydrogen-bond acceptors (Lipinski definition) is 7. The molecule has 40 heavy (non-hydrogen) atoms. The average Bonchev–Trinajstić information content (AvgIpc) is 2.94. The molecule has 0 saturated carbocycles. The van der Waals surface area contributed by atoms with Gasteiger partial charge in [0.15, 0.2) is 17.6 Å². The van der Waals surface area contributed by atoms with Crippen molar-refractivity contribution in [2.45, 2.75) is 51.2 Å². The third kappa shape index (κ3) is 5.44. The number of aromatic nitrogens is 1. The van der Waals surface area contributed by atoms with Crippen molar-refractivity contribution in [1.29, 1.82) is 0 Å². The van der Waals surface area contributed by atoms with E-state index in [0.29, 0.717) is 25.0 Å². The van der Waals surface area contributed by atoms with E-state index in [-0.39, 0.29) is 50.1 Å². The molecule has 2 N–H and O–H groups in total. The summed E-state index contributed by atoms with van der Waals surface area (Å²) in [5.41, 5.74) is -1.39. The first-order chi connectivity index (χ1) is 19.4. The number of carbonyl (C=O) groups excluding carboxylic acids is 3. The van der Waals surface area contributed by atoms with Gasteiger partial charge in [-0.1, -0.05) is 24.6 Å². The monoisotopic (exact) mass is 554 g/mol. The van der Waals surface area contributed by atoms with Gasteiger partial charge < -0.3 is 24.8 Å². The number of ether oxygens (including phenoxy) is 2. The standard InChI is InChI=1S/C28H31FN4O7/c29-19-10-9-18-15-30-27(37)20-16-32-24(26(36)25(20)35)28(38)31-11-13-39-17-22(31)33(32)23(34)8-6-4-2-1-3-5-7-12-40-21(18)14-19/h3,5,9-10,14,16,22,36H,1-2,4,6-8,11-13,15,17H2,(H,30,37)/b5-3+/t22-/m1/s1. The van der Waals surface area contributed by atoms with Crippen molar-refractivity contribution in [1.82, 2.24) is 14.9 Å². The van der Waals surface area contributed by atoms with Crippen LogP contribution >= 0.6 is 0 Å². The van der Waals surface area contributed by atoms with Gasteiger partial charge in [-0.15, -0.1) is 0 Å². The molecule has 2 bridgehead atoms. The second-order valence-electron chi connectivity index (χ2n) is 9.85. The Labute approximate surface area is 229 Å². The number of nitrogens with zero attached hydrogens (tertiary/aromatic N) is 3. The minimum absolute atomic E-state index is 0.0451. The minimum Gasteiger partial charge on any atom is -0.502 e. The van der Waals surface area contributed by atoms with Gasteiger partial charge >= 0.3 is 0 Å². The molecule has 3 amide bonds. The van der Waals surface area contributed by atoms with Crippen molar-refractivity contribution < 1.29 is 33.4 Å². The number of aromatic hydroxyl groups is 1. The summed E-state index contributed by atoms with van der Waals surface area (Å²) in [5, 5.41) is 14.7. The van der Waals surface area contributed by atoms with Crippen LogP contribution in [0.25, 0.3) is 0 Å². The third-order valence-corrected chi connectivity index (χ3v) is 7.18. The van der Waals surface area contributed by atoms with Gasteiger partial charge in [-0.2, -0.15) is 0 Å². The Bertz CT molecular complexity index is 1410. The van der Waals surface area contributed by atoms with Gasteiger partial charge in [0, 0.05) is 37.3 Å². The van der Waals surface area contributed by atoms with Gasteiger partial charge in [0.25, 0.3) is 11.8 Å². The van der Waals surface area contributed by atoms with Crippen molar-refractivity contribution in [2.24, 2.45) is 0 Å². The molecule has 11 nitrogen and oxygen atoms in total. The molecule has 1 saturated heterocycles. The number of nitrogens with one attached hydrogen (secondary N) is 1. The first kappa shape index (κ1) is 27.4. The van der Waals surface area contributed by atoms with Gasteiger partial charge in [0.1, 0.15) is 17.1 Å². The van der Waals surface area contributed by atoms with E-state index in [1.54, 1.807) is 0 Å². The molecule has 0 radical (unpaired) electrons. The number of fused-ring (bicyclic) bond motifs is 4. The van der Waals surface area contributed by atoms with E-state index in [9.17, 15) is 28.7 Å². The largest absolute Gasteiger partial charge is 0.502 e. The molecule has 0 aliphatic carbocycles. The molecular formula is C28H31FN4O7. The summed E-state index contributed by atoms with van der Waals surface area (Å²) in [6, 6.07) is 3.93. The van der Waals surface area contributed by atoms with Crippen LogP contribution in [0.3, 0.4) is 0 Å². The predicted molar refractivity (Wildman–Crippen MR) is 141 cm³/mol. The zero-order valence-corrected chi connectivity index (χ0v) is 21.9.